The zero-order chi connectivity index (χ0) is 12.6. The van der Waals surface area contributed by atoms with E-state index in [0.29, 0.717) is 12.5 Å². The van der Waals surface area contributed by atoms with Gasteiger partial charge in [0.15, 0.2) is 0 Å². The Kier molecular flexibility index (Phi) is 8.26. The molecule has 0 amide bonds. The lowest BCUT2D eigenvalue weighted by Gasteiger charge is -2.25. The molecule has 1 atom stereocenters. The van der Waals surface area contributed by atoms with Gasteiger partial charge < -0.3 is 10.0 Å². The lowest BCUT2D eigenvalue weighted by molar-refractivity contribution is -0.143. The van der Waals surface area contributed by atoms with Crippen molar-refractivity contribution >= 4 is 5.97 Å². The summed E-state index contributed by atoms with van der Waals surface area (Å²) < 4.78 is 0. The second-order valence-corrected chi connectivity index (χ2v) is 4.97. The Morgan fingerprint density at radius 1 is 1.19 bits per heavy atom. The molecule has 96 valence electrons. The fourth-order valence-electron chi connectivity index (χ4n) is 2.06. The van der Waals surface area contributed by atoms with E-state index in [2.05, 4.69) is 32.6 Å². The second kappa shape index (κ2) is 8.57. The molecule has 0 fully saturated rings. The first kappa shape index (κ1) is 15.4. The van der Waals surface area contributed by atoms with E-state index in [0.717, 1.165) is 32.4 Å². The molecule has 0 spiro atoms. The standard InChI is InChI=1S/C13H27NO2/c1-5-7-14(8-6-2)10-12(13(15)16)9-11(3)4/h11-12H,5-10H2,1-4H3,(H,15,16). The first-order valence-corrected chi connectivity index (χ1v) is 6.46. The van der Waals surface area contributed by atoms with Gasteiger partial charge in [-0.05, 0) is 38.3 Å². The quantitative estimate of drug-likeness (QED) is 0.661. The summed E-state index contributed by atoms with van der Waals surface area (Å²) in [5.41, 5.74) is 0. The Morgan fingerprint density at radius 2 is 1.69 bits per heavy atom. The number of hydrogen-bond acceptors (Lipinski definition) is 2. The third-order valence-electron chi connectivity index (χ3n) is 2.66. The number of nitrogens with zero attached hydrogens (tertiary/aromatic N) is 1. The van der Waals surface area contributed by atoms with Gasteiger partial charge in [-0.15, -0.1) is 0 Å². The monoisotopic (exact) mass is 229 g/mol. The van der Waals surface area contributed by atoms with Crippen molar-refractivity contribution in [3.63, 3.8) is 0 Å². The fraction of sp³-hybridized carbons (Fsp3) is 0.923. The number of rotatable bonds is 9. The molecule has 0 heterocycles. The van der Waals surface area contributed by atoms with Crippen LogP contribution in [0.15, 0.2) is 0 Å². The minimum atomic E-state index is -0.647. The summed E-state index contributed by atoms with van der Waals surface area (Å²) in [5, 5.41) is 9.18. The van der Waals surface area contributed by atoms with Crippen LogP contribution in [0.3, 0.4) is 0 Å². The van der Waals surface area contributed by atoms with Crippen LogP contribution in [0.4, 0.5) is 0 Å². The van der Waals surface area contributed by atoms with Gasteiger partial charge in [0.25, 0.3) is 0 Å². The van der Waals surface area contributed by atoms with Crippen LogP contribution in [0.25, 0.3) is 0 Å². The average Bonchev–Trinajstić information content (AvgIpc) is 2.16. The molecule has 0 aliphatic heterocycles. The molecule has 3 nitrogen and oxygen atoms in total. The molecule has 0 saturated heterocycles. The van der Waals surface area contributed by atoms with Gasteiger partial charge in [0.2, 0.25) is 0 Å². The number of carboxylic acid groups (broad SMARTS) is 1. The number of aliphatic carboxylic acids is 1. The summed E-state index contributed by atoms with van der Waals surface area (Å²) in [5.74, 6) is -0.407. The van der Waals surface area contributed by atoms with Crippen LogP contribution >= 0.6 is 0 Å². The van der Waals surface area contributed by atoms with Crippen LogP contribution in [-0.4, -0.2) is 35.6 Å². The van der Waals surface area contributed by atoms with Crippen molar-refractivity contribution in [1.82, 2.24) is 4.90 Å². The van der Waals surface area contributed by atoms with E-state index < -0.39 is 5.97 Å². The van der Waals surface area contributed by atoms with E-state index in [1.165, 1.54) is 0 Å². The molecule has 16 heavy (non-hydrogen) atoms. The molecule has 0 aliphatic carbocycles. The van der Waals surface area contributed by atoms with Crippen molar-refractivity contribution in [2.45, 2.75) is 47.0 Å². The third-order valence-corrected chi connectivity index (χ3v) is 2.66. The van der Waals surface area contributed by atoms with Crippen molar-refractivity contribution < 1.29 is 9.90 Å². The van der Waals surface area contributed by atoms with Crippen LogP contribution in [0.5, 0.6) is 0 Å². The van der Waals surface area contributed by atoms with Gasteiger partial charge in [0, 0.05) is 6.54 Å². The fourth-order valence-corrected chi connectivity index (χ4v) is 2.06. The topological polar surface area (TPSA) is 40.5 Å². The highest BCUT2D eigenvalue weighted by atomic mass is 16.4. The van der Waals surface area contributed by atoms with E-state index in [1.807, 2.05) is 0 Å². The highest BCUT2D eigenvalue weighted by molar-refractivity contribution is 5.70. The van der Waals surface area contributed by atoms with Crippen molar-refractivity contribution in [2.75, 3.05) is 19.6 Å². The Morgan fingerprint density at radius 3 is 2.00 bits per heavy atom. The van der Waals surface area contributed by atoms with E-state index in [4.69, 9.17) is 0 Å². The maximum absolute atomic E-state index is 11.2. The largest absolute Gasteiger partial charge is 0.481 e. The van der Waals surface area contributed by atoms with Crippen molar-refractivity contribution in [2.24, 2.45) is 11.8 Å². The molecule has 1 N–H and O–H groups in total. The lowest BCUT2D eigenvalue weighted by atomic mass is 9.96. The van der Waals surface area contributed by atoms with E-state index in [1.54, 1.807) is 0 Å². The highest BCUT2D eigenvalue weighted by Gasteiger charge is 2.21. The average molecular weight is 229 g/mol. The minimum Gasteiger partial charge on any atom is -0.481 e. The Labute approximate surface area is 99.8 Å². The second-order valence-electron chi connectivity index (χ2n) is 4.97. The number of carboxylic acids is 1. The molecule has 0 saturated carbocycles. The molecule has 0 aromatic rings. The Bertz CT molecular complexity index is 186. The summed E-state index contributed by atoms with van der Waals surface area (Å²) >= 11 is 0. The summed E-state index contributed by atoms with van der Waals surface area (Å²) in [6.45, 7) is 11.2. The molecule has 0 aromatic carbocycles. The first-order chi connectivity index (χ1) is 7.51. The molecular formula is C13H27NO2. The first-order valence-electron chi connectivity index (χ1n) is 6.46. The molecule has 1 unspecified atom stereocenters. The lowest BCUT2D eigenvalue weighted by Crippen LogP contribution is -2.35. The van der Waals surface area contributed by atoms with Crippen LogP contribution in [0, 0.1) is 11.8 Å². The third kappa shape index (κ3) is 6.83. The van der Waals surface area contributed by atoms with Gasteiger partial charge >= 0.3 is 5.97 Å². The molecular weight excluding hydrogens is 202 g/mol. The van der Waals surface area contributed by atoms with E-state index >= 15 is 0 Å². The zero-order valence-corrected chi connectivity index (χ0v) is 11.2. The van der Waals surface area contributed by atoms with Crippen LogP contribution < -0.4 is 0 Å². The van der Waals surface area contributed by atoms with Gasteiger partial charge in [-0.2, -0.15) is 0 Å². The zero-order valence-electron chi connectivity index (χ0n) is 11.2. The summed E-state index contributed by atoms with van der Waals surface area (Å²) in [6.07, 6.45) is 2.96. The maximum atomic E-state index is 11.2. The molecule has 0 rings (SSSR count). The van der Waals surface area contributed by atoms with Gasteiger partial charge in [0.05, 0.1) is 5.92 Å². The predicted octanol–water partition coefficient (Wildman–Crippen LogP) is 2.86. The highest BCUT2D eigenvalue weighted by Crippen LogP contribution is 2.14. The summed E-state index contributed by atoms with van der Waals surface area (Å²) in [4.78, 5) is 13.4. The van der Waals surface area contributed by atoms with Gasteiger partial charge in [0.1, 0.15) is 0 Å². The molecule has 0 bridgehead atoms. The summed E-state index contributed by atoms with van der Waals surface area (Å²) in [7, 11) is 0. The number of hydrogen-bond donors (Lipinski definition) is 1. The van der Waals surface area contributed by atoms with Crippen LogP contribution in [0.2, 0.25) is 0 Å². The van der Waals surface area contributed by atoms with Crippen LogP contribution in [-0.2, 0) is 4.79 Å². The Hall–Kier alpha value is -0.570. The predicted molar refractivity (Wildman–Crippen MR) is 67.6 cm³/mol. The molecule has 3 heteroatoms. The maximum Gasteiger partial charge on any atom is 0.307 e. The SMILES string of the molecule is CCCN(CCC)CC(CC(C)C)C(=O)O. The molecule has 0 aromatic heterocycles. The van der Waals surface area contributed by atoms with Gasteiger partial charge in [-0.1, -0.05) is 27.7 Å². The molecule has 0 aliphatic rings. The van der Waals surface area contributed by atoms with Crippen molar-refractivity contribution in [1.29, 1.82) is 0 Å². The summed E-state index contributed by atoms with van der Waals surface area (Å²) in [6, 6.07) is 0. The van der Waals surface area contributed by atoms with Gasteiger partial charge in [-0.3, -0.25) is 4.79 Å². The van der Waals surface area contributed by atoms with E-state index in [9.17, 15) is 9.90 Å². The number of carbonyl (C=O) groups is 1. The van der Waals surface area contributed by atoms with Crippen LogP contribution in [0.1, 0.15) is 47.0 Å². The van der Waals surface area contributed by atoms with Crippen molar-refractivity contribution in [3.8, 4) is 0 Å². The normalized spacial score (nSPS) is 13.4. The van der Waals surface area contributed by atoms with Gasteiger partial charge in [-0.25, -0.2) is 0 Å². The molecule has 0 radical (unpaired) electrons. The van der Waals surface area contributed by atoms with E-state index in [-0.39, 0.29) is 5.92 Å². The smallest absolute Gasteiger partial charge is 0.307 e. The minimum absolute atomic E-state index is 0.210. The van der Waals surface area contributed by atoms with Crippen molar-refractivity contribution in [3.05, 3.63) is 0 Å². The Balaban J connectivity index is 4.26.